The van der Waals surface area contributed by atoms with Gasteiger partial charge in [-0.15, -0.1) is 0 Å². The van der Waals surface area contributed by atoms with E-state index < -0.39 is 0 Å². The fourth-order valence-electron chi connectivity index (χ4n) is 5.13. The van der Waals surface area contributed by atoms with Gasteiger partial charge in [0.25, 0.3) is 0 Å². The zero-order valence-electron chi connectivity index (χ0n) is 14.6. The van der Waals surface area contributed by atoms with Crippen molar-refractivity contribution in [2.75, 3.05) is 19.6 Å². The molecule has 21 heavy (non-hydrogen) atoms. The molecule has 2 heterocycles. The summed E-state index contributed by atoms with van der Waals surface area (Å²) < 4.78 is 0. The van der Waals surface area contributed by atoms with Gasteiger partial charge in [-0.05, 0) is 56.9 Å². The van der Waals surface area contributed by atoms with Crippen LogP contribution in [0.1, 0.15) is 72.1 Å². The molecule has 1 aliphatic carbocycles. The molecule has 2 saturated heterocycles. The zero-order valence-corrected chi connectivity index (χ0v) is 14.6. The molecule has 0 aromatic rings. The number of fused-ring (bicyclic) bond motifs is 1. The van der Waals surface area contributed by atoms with Gasteiger partial charge < -0.3 is 0 Å². The van der Waals surface area contributed by atoms with Gasteiger partial charge in [-0.1, -0.05) is 33.6 Å². The van der Waals surface area contributed by atoms with Crippen LogP contribution in [0, 0.1) is 11.8 Å². The molecule has 2 atom stereocenters. The van der Waals surface area contributed by atoms with Crippen molar-refractivity contribution in [2.24, 2.45) is 11.8 Å². The molecule has 2 aliphatic heterocycles. The number of nitrogens with zero attached hydrogens (tertiary/aromatic N) is 2. The van der Waals surface area contributed by atoms with Gasteiger partial charge in [0.05, 0.1) is 0 Å². The van der Waals surface area contributed by atoms with E-state index in [2.05, 4.69) is 30.6 Å². The summed E-state index contributed by atoms with van der Waals surface area (Å²) in [5.74, 6) is 1.83. The molecule has 122 valence electrons. The van der Waals surface area contributed by atoms with E-state index in [1.807, 2.05) is 0 Å². The first-order valence-corrected chi connectivity index (χ1v) is 9.68. The minimum atomic E-state index is 0.803. The van der Waals surface area contributed by atoms with Crippen molar-refractivity contribution < 1.29 is 0 Å². The number of hydrogen-bond donors (Lipinski definition) is 0. The van der Waals surface area contributed by atoms with Crippen molar-refractivity contribution in [3.63, 3.8) is 0 Å². The predicted molar refractivity (Wildman–Crippen MR) is 90.6 cm³/mol. The molecule has 3 aliphatic rings. The first-order valence-electron chi connectivity index (χ1n) is 9.68. The highest BCUT2D eigenvalue weighted by molar-refractivity contribution is 4.95. The largest absolute Gasteiger partial charge is 0.298 e. The lowest BCUT2D eigenvalue weighted by Crippen LogP contribution is -2.63. The molecule has 0 amide bonds. The second-order valence-corrected chi connectivity index (χ2v) is 8.24. The van der Waals surface area contributed by atoms with E-state index >= 15 is 0 Å². The van der Waals surface area contributed by atoms with Gasteiger partial charge in [-0.3, -0.25) is 9.80 Å². The Morgan fingerprint density at radius 3 is 2.33 bits per heavy atom. The van der Waals surface area contributed by atoms with Gasteiger partial charge in [0.1, 0.15) is 0 Å². The Morgan fingerprint density at radius 2 is 1.67 bits per heavy atom. The predicted octanol–water partition coefficient (Wildman–Crippen LogP) is 4.15. The molecule has 1 saturated carbocycles. The van der Waals surface area contributed by atoms with Gasteiger partial charge in [0, 0.05) is 31.2 Å². The Balaban J connectivity index is 1.66. The van der Waals surface area contributed by atoms with Gasteiger partial charge in [0.2, 0.25) is 0 Å². The van der Waals surface area contributed by atoms with Crippen LogP contribution in [0.4, 0.5) is 0 Å². The van der Waals surface area contributed by atoms with Crippen molar-refractivity contribution in [1.82, 2.24) is 9.80 Å². The molecule has 0 bridgehead atoms. The number of hydrogen-bond acceptors (Lipinski definition) is 2. The molecule has 3 fully saturated rings. The van der Waals surface area contributed by atoms with Crippen LogP contribution < -0.4 is 0 Å². The van der Waals surface area contributed by atoms with E-state index in [9.17, 15) is 0 Å². The molecular formula is C19H36N2. The third kappa shape index (κ3) is 3.47. The van der Waals surface area contributed by atoms with E-state index in [0.29, 0.717) is 0 Å². The summed E-state index contributed by atoms with van der Waals surface area (Å²) in [4.78, 5) is 5.78. The molecular weight excluding hydrogens is 256 g/mol. The number of piperazine rings is 1. The minimum Gasteiger partial charge on any atom is -0.298 e. The molecule has 3 rings (SSSR count). The highest BCUT2D eigenvalue weighted by atomic mass is 15.3. The summed E-state index contributed by atoms with van der Waals surface area (Å²) in [5.41, 5.74) is 0. The van der Waals surface area contributed by atoms with Gasteiger partial charge >= 0.3 is 0 Å². The van der Waals surface area contributed by atoms with Crippen LogP contribution in [-0.4, -0.2) is 47.6 Å². The van der Waals surface area contributed by atoms with Crippen LogP contribution in [0.25, 0.3) is 0 Å². The van der Waals surface area contributed by atoms with E-state index in [1.165, 1.54) is 71.0 Å². The van der Waals surface area contributed by atoms with Gasteiger partial charge in [-0.2, -0.15) is 0 Å². The summed E-state index contributed by atoms with van der Waals surface area (Å²) in [6.07, 6.45) is 11.6. The van der Waals surface area contributed by atoms with Crippen molar-refractivity contribution in [2.45, 2.75) is 90.3 Å². The Kier molecular flexibility index (Phi) is 5.27. The molecule has 0 radical (unpaired) electrons. The van der Waals surface area contributed by atoms with E-state index in [0.717, 1.165) is 30.0 Å². The van der Waals surface area contributed by atoms with Crippen molar-refractivity contribution in [1.29, 1.82) is 0 Å². The van der Waals surface area contributed by atoms with E-state index in [1.54, 1.807) is 0 Å². The maximum Gasteiger partial charge on any atom is 0.0249 e. The van der Waals surface area contributed by atoms with Gasteiger partial charge in [-0.25, -0.2) is 0 Å². The topological polar surface area (TPSA) is 6.48 Å². The highest BCUT2D eigenvalue weighted by Crippen LogP contribution is 2.35. The van der Waals surface area contributed by atoms with Gasteiger partial charge in [0.15, 0.2) is 0 Å². The Hall–Kier alpha value is -0.0800. The Labute approximate surface area is 132 Å². The zero-order chi connectivity index (χ0) is 14.8. The summed E-state index contributed by atoms with van der Waals surface area (Å²) in [6.45, 7) is 11.3. The first-order chi connectivity index (χ1) is 10.2. The van der Waals surface area contributed by atoms with Crippen molar-refractivity contribution in [3.8, 4) is 0 Å². The highest BCUT2D eigenvalue weighted by Gasteiger charge is 2.39. The van der Waals surface area contributed by atoms with Crippen LogP contribution in [0.2, 0.25) is 0 Å². The lowest BCUT2D eigenvalue weighted by molar-refractivity contribution is -0.0403. The summed E-state index contributed by atoms with van der Waals surface area (Å²) >= 11 is 0. The molecule has 0 aromatic carbocycles. The van der Waals surface area contributed by atoms with E-state index in [-0.39, 0.29) is 0 Å². The summed E-state index contributed by atoms with van der Waals surface area (Å²) in [5, 5.41) is 0. The molecule has 2 unspecified atom stereocenters. The normalized spacial score (nSPS) is 39.4. The molecule has 0 aromatic heterocycles. The third-order valence-corrected chi connectivity index (χ3v) is 6.65. The SMILES string of the molecule is CCC1CCC(N2CC3CCCCN3CC2C(C)C)CC1. The fraction of sp³-hybridized carbons (Fsp3) is 1.00. The molecule has 2 nitrogen and oxygen atoms in total. The first kappa shape index (κ1) is 15.8. The van der Waals surface area contributed by atoms with Crippen LogP contribution >= 0.6 is 0 Å². The Bertz CT molecular complexity index is 320. The second kappa shape index (κ2) is 7.00. The number of rotatable bonds is 3. The summed E-state index contributed by atoms with van der Waals surface area (Å²) in [6, 6.07) is 2.57. The average molecular weight is 293 g/mol. The summed E-state index contributed by atoms with van der Waals surface area (Å²) in [7, 11) is 0. The smallest absolute Gasteiger partial charge is 0.0249 e. The molecule has 0 N–H and O–H groups in total. The molecule has 2 heteroatoms. The third-order valence-electron chi connectivity index (χ3n) is 6.65. The van der Waals surface area contributed by atoms with Crippen LogP contribution in [0.5, 0.6) is 0 Å². The Morgan fingerprint density at radius 1 is 0.905 bits per heavy atom. The average Bonchev–Trinajstić information content (AvgIpc) is 2.53. The lowest BCUT2D eigenvalue weighted by Gasteiger charge is -2.53. The monoisotopic (exact) mass is 292 g/mol. The minimum absolute atomic E-state index is 0.803. The van der Waals surface area contributed by atoms with Crippen molar-refractivity contribution >= 4 is 0 Å². The maximum absolute atomic E-state index is 2.96. The van der Waals surface area contributed by atoms with Crippen LogP contribution in [-0.2, 0) is 0 Å². The molecule has 0 spiro atoms. The maximum atomic E-state index is 2.96. The van der Waals surface area contributed by atoms with Crippen molar-refractivity contribution in [3.05, 3.63) is 0 Å². The number of piperidine rings is 1. The van der Waals surface area contributed by atoms with Crippen LogP contribution in [0.3, 0.4) is 0 Å². The fourth-order valence-corrected chi connectivity index (χ4v) is 5.13. The standard InChI is InChI=1S/C19H36N2/c1-4-16-8-10-17(11-9-16)21-13-18-7-5-6-12-20(18)14-19(21)15(2)3/h15-19H,4-14H2,1-3H3. The quantitative estimate of drug-likeness (QED) is 0.771. The van der Waals surface area contributed by atoms with Crippen LogP contribution in [0.15, 0.2) is 0 Å². The van der Waals surface area contributed by atoms with E-state index in [4.69, 9.17) is 0 Å². The lowest BCUT2D eigenvalue weighted by atomic mass is 9.81. The second-order valence-electron chi connectivity index (χ2n) is 8.24.